The highest BCUT2D eigenvalue weighted by atomic mass is 79.9. The van der Waals surface area contributed by atoms with Crippen LogP contribution in [0.25, 0.3) is 11.0 Å². The van der Waals surface area contributed by atoms with E-state index in [9.17, 15) is 18.4 Å². The Hall–Kier alpha value is -3.39. The van der Waals surface area contributed by atoms with Gasteiger partial charge in [0, 0.05) is 16.1 Å². The van der Waals surface area contributed by atoms with Crippen LogP contribution in [0.5, 0.6) is 0 Å². The molecule has 1 amide bonds. The number of nitrogens with zero attached hydrogens (tertiary/aromatic N) is 2. The van der Waals surface area contributed by atoms with Crippen LogP contribution >= 0.6 is 15.9 Å². The van der Waals surface area contributed by atoms with E-state index in [0.29, 0.717) is 26.6 Å². The van der Waals surface area contributed by atoms with Gasteiger partial charge in [-0.05, 0) is 70.4 Å². The van der Waals surface area contributed by atoms with Crippen LogP contribution in [0.15, 0.2) is 76.1 Å². The zero-order valence-electron chi connectivity index (χ0n) is 17.0. The van der Waals surface area contributed by atoms with Crippen molar-refractivity contribution in [1.29, 1.82) is 0 Å². The Labute approximate surface area is 190 Å². The molecule has 162 valence electrons. The van der Waals surface area contributed by atoms with Gasteiger partial charge in [-0.25, -0.2) is 13.8 Å². The van der Waals surface area contributed by atoms with Gasteiger partial charge in [-0.2, -0.15) is 0 Å². The standard InChI is InChI=1S/C24H18BrF2N3O2/c1-14(16-4-8-20(27)9-5-16)29-23(31)21-11-17-10-18(25)12-28-22(17)30(24(21)32)13-15-2-6-19(26)7-3-15/h2-12,14H,13H2,1H3,(H,29,31)/t14-/m1/s1. The number of pyridine rings is 2. The zero-order valence-corrected chi connectivity index (χ0v) is 18.6. The second-order valence-corrected chi connectivity index (χ2v) is 8.30. The Morgan fingerprint density at radius 2 is 1.69 bits per heavy atom. The molecule has 1 N–H and O–H groups in total. The summed E-state index contributed by atoms with van der Waals surface area (Å²) in [6.45, 7) is 1.88. The van der Waals surface area contributed by atoms with E-state index in [0.717, 1.165) is 0 Å². The van der Waals surface area contributed by atoms with E-state index in [2.05, 4.69) is 26.2 Å². The third-order valence-electron chi connectivity index (χ3n) is 5.11. The quantitative estimate of drug-likeness (QED) is 0.423. The fraction of sp³-hybridized carbons (Fsp3) is 0.125. The summed E-state index contributed by atoms with van der Waals surface area (Å²) < 4.78 is 28.6. The maximum atomic E-state index is 13.3. The molecular weight excluding hydrogens is 480 g/mol. The molecule has 4 aromatic rings. The average Bonchev–Trinajstić information content (AvgIpc) is 2.77. The second-order valence-electron chi connectivity index (χ2n) is 7.39. The molecule has 32 heavy (non-hydrogen) atoms. The van der Waals surface area contributed by atoms with Gasteiger partial charge in [-0.3, -0.25) is 14.2 Å². The zero-order chi connectivity index (χ0) is 22.8. The minimum atomic E-state index is -0.554. The Bertz CT molecular complexity index is 1350. The molecule has 0 unspecified atom stereocenters. The van der Waals surface area contributed by atoms with Crippen LogP contribution in [-0.4, -0.2) is 15.5 Å². The van der Waals surface area contributed by atoms with Gasteiger partial charge in [-0.15, -0.1) is 0 Å². The summed E-state index contributed by atoms with van der Waals surface area (Å²) in [7, 11) is 0. The molecule has 2 heterocycles. The Kier molecular flexibility index (Phi) is 6.14. The minimum absolute atomic E-state index is 0.0477. The monoisotopic (exact) mass is 497 g/mol. The number of benzene rings is 2. The highest BCUT2D eigenvalue weighted by molar-refractivity contribution is 9.10. The number of nitrogens with one attached hydrogen (secondary N) is 1. The molecule has 2 aromatic carbocycles. The molecule has 8 heteroatoms. The summed E-state index contributed by atoms with van der Waals surface area (Å²) in [6.07, 6.45) is 1.57. The van der Waals surface area contributed by atoms with E-state index in [4.69, 9.17) is 0 Å². The summed E-state index contributed by atoms with van der Waals surface area (Å²) in [5.41, 5.74) is 1.24. The second kappa shape index (κ2) is 9.00. The predicted molar refractivity (Wildman–Crippen MR) is 121 cm³/mol. The molecule has 0 aliphatic carbocycles. The molecule has 0 radical (unpaired) electrons. The van der Waals surface area contributed by atoms with Gasteiger partial charge in [0.1, 0.15) is 22.8 Å². The highest BCUT2D eigenvalue weighted by Crippen LogP contribution is 2.19. The van der Waals surface area contributed by atoms with Crippen molar-refractivity contribution in [2.75, 3.05) is 0 Å². The molecule has 4 rings (SSSR count). The predicted octanol–water partition coefficient (Wildman–Crippen LogP) is 4.98. The lowest BCUT2D eigenvalue weighted by Gasteiger charge is -2.16. The largest absolute Gasteiger partial charge is 0.345 e. The first-order valence-electron chi connectivity index (χ1n) is 9.81. The third-order valence-corrected chi connectivity index (χ3v) is 5.54. The molecule has 0 spiro atoms. The molecule has 0 bridgehead atoms. The maximum absolute atomic E-state index is 13.3. The van der Waals surface area contributed by atoms with E-state index in [-0.39, 0.29) is 23.7 Å². The first kappa shape index (κ1) is 21.8. The number of carbonyl (C=O) groups excluding carboxylic acids is 1. The van der Waals surface area contributed by atoms with Crippen LogP contribution in [0.2, 0.25) is 0 Å². The Morgan fingerprint density at radius 1 is 1.06 bits per heavy atom. The summed E-state index contributed by atoms with van der Waals surface area (Å²) in [5.74, 6) is -1.30. The van der Waals surface area contributed by atoms with Gasteiger partial charge < -0.3 is 5.32 Å². The number of rotatable bonds is 5. The van der Waals surface area contributed by atoms with Crippen molar-refractivity contribution in [3.63, 3.8) is 0 Å². The van der Waals surface area contributed by atoms with Gasteiger partial charge >= 0.3 is 0 Å². The fourth-order valence-corrected chi connectivity index (χ4v) is 3.78. The normalized spacial score (nSPS) is 12.0. The van der Waals surface area contributed by atoms with Crippen LogP contribution in [0.3, 0.4) is 0 Å². The minimum Gasteiger partial charge on any atom is -0.345 e. The third kappa shape index (κ3) is 4.60. The smallest absolute Gasteiger partial charge is 0.265 e. The summed E-state index contributed by atoms with van der Waals surface area (Å²) in [6, 6.07) is 14.4. The van der Waals surface area contributed by atoms with E-state index < -0.39 is 17.5 Å². The Balaban J connectivity index is 1.74. The molecule has 0 fully saturated rings. The highest BCUT2D eigenvalue weighted by Gasteiger charge is 2.19. The number of carbonyl (C=O) groups is 1. The van der Waals surface area contributed by atoms with E-state index in [1.165, 1.54) is 34.9 Å². The number of hydrogen-bond acceptors (Lipinski definition) is 3. The number of hydrogen-bond donors (Lipinski definition) is 1. The SMILES string of the molecule is C[C@@H](NC(=O)c1cc2cc(Br)cnc2n(Cc2ccc(F)cc2)c1=O)c1ccc(F)cc1. The number of amides is 1. The number of aromatic nitrogens is 2. The van der Waals surface area contributed by atoms with E-state index in [1.807, 2.05) is 0 Å². The molecule has 0 saturated heterocycles. The first-order chi connectivity index (χ1) is 15.3. The lowest BCUT2D eigenvalue weighted by Crippen LogP contribution is -2.35. The van der Waals surface area contributed by atoms with E-state index >= 15 is 0 Å². The fourth-order valence-electron chi connectivity index (χ4n) is 3.43. The number of fused-ring (bicyclic) bond motifs is 1. The van der Waals surface area contributed by atoms with Crippen molar-refractivity contribution in [2.24, 2.45) is 0 Å². The van der Waals surface area contributed by atoms with Crippen LogP contribution in [0.4, 0.5) is 8.78 Å². The number of halogens is 3. The molecule has 0 aliphatic heterocycles. The van der Waals surface area contributed by atoms with Crippen molar-refractivity contribution in [3.8, 4) is 0 Å². The molecule has 0 aliphatic rings. The first-order valence-corrected chi connectivity index (χ1v) is 10.6. The molecule has 2 aromatic heterocycles. The molecule has 1 atom stereocenters. The lowest BCUT2D eigenvalue weighted by atomic mass is 10.1. The lowest BCUT2D eigenvalue weighted by molar-refractivity contribution is 0.0938. The summed E-state index contributed by atoms with van der Waals surface area (Å²) in [4.78, 5) is 30.6. The van der Waals surface area contributed by atoms with Crippen LogP contribution in [0.1, 0.15) is 34.5 Å². The topological polar surface area (TPSA) is 64.0 Å². The molecule has 0 saturated carbocycles. The van der Waals surface area contributed by atoms with Gasteiger partial charge in [0.25, 0.3) is 11.5 Å². The summed E-state index contributed by atoms with van der Waals surface area (Å²) >= 11 is 3.37. The van der Waals surface area contributed by atoms with Crippen molar-refractivity contribution in [2.45, 2.75) is 19.5 Å². The van der Waals surface area contributed by atoms with Gasteiger partial charge in [-0.1, -0.05) is 24.3 Å². The molecule has 5 nitrogen and oxygen atoms in total. The van der Waals surface area contributed by atoms with E-state index in [1.54, 1.807) is 43.5 Å². The van der Waals surface area contributed by atoms with Gasteiger partial charge in [0.05, 0.1) is 12.6 Å². The van der Waals surface area contributed by atoms with Gasteiger partial charge in [0.2, 0.25) is 0 Å². The van der Waals surface area contributed by atoms with Crippen molar-refractivity contribution < 1.29 is 13.6 Å². The molecular formula is C24H18BrF2N3O2. The van der Waals surface area contributed by atoms with Crippen LogP contribution in [-0.2, 0) is 6.54 Å². The van der Waals surface area contributed by atoms with Crippen molar-refractivity contribution >= 4 is 32.9 Å². The van der Waals surface area contributed by atoms with Crippen molar-refractivity contribution in [1.82, 2.24) is 14.9 Å². The van der Waals surface area contributed by atoms with Crippen LogP contribution in [0, 0.1) is 11.6 Å². The maximum Gasteiger partial charge on any atom is 0.265 e. The summed E-state index contributed by atoms with van der Waals surface area (Å²) in [5, 5.41) is 3.39. The van der Waals surface area contributed by atoms with Gasteiger partial charge in [0.15, 0.2) is 0 Å². The Morgan fingerprint density at radius 3 is 2.34 bits per heavy atom. The van der Waals surface area contributed by atoms with Crippen LogP contribution < -0.4 is 10.9 Å². The van der Waals surface area contributed by atoms with Crippen molar-refractivity contribution in [3.05, 3.63) is 110 Å². The average molecular weight is 498 g/mol.